The Morgan fingerprint density at radius 2 is 1.81 bits per heavy atom. The molecule has 2 heterocycles. The van der Waals surface area contributed by atoms with Gasteiger partial charge in [0.2, 0.25) is 5.95 Å². The molecular weight excluding hydrogens is 338 g/mol. The van der Waals surface area contributed by atoms with E-state index in [0.29, 0.717) is 6.67 Å². The van der Waals surface area contributed by atoms with Crippen LogP contribution in [0.5, 0.6) is 0 Å². The number of hydrogen-bond donors (Lipinski definition) is 0. The summed E-state index contributed by atoms with van der Waals surface area (Å²) in [6.07, 6.45) is 1.07. The molecule has 0 aliphatic carbocycles. The summed E-state index contributed by atoms with van der Waals surface area (Å²) in [7, 11) is 4.18. The zero-order chi connectivity index (χ0) is 19.7. The van der Waals surface area contributed by atoms with E-state index in [1.807, 2.05) is 18.4 Å². The van der Waals surface area contributed by atoms with Gasteiger partial charge in [-0.25, -0.2) is 4.98 Å². The standard InChI is InChI=1S/C21H31N5O/c1-15-9-7-10-19(16(15)2)25-13-24(12-8-11-23(5)6)14-26-20(27)17(3)18(4)22-21(25)26/h7,9-10H,8,11-14H2,1-6H3. The number of hydrogen-bond acceptors (Lipinski definition) is 5. The third-order valence-corrected chi connectivity index (χ3v) is 5.49. The van der Waals surface area contributed by atoms with Crippen LogP contribution in [0.1, 0.15) is 28.8 Å². The molecule has 0 unspecified atom stereocenters. The van der Waals surface area contributed by atoms with Gasteiger partial charge in [0.15, 0.2) is 0 Å². The minimum absolute atomic E-state index is 0.0603. The van der Waals surface area contributed by atoms with Gasteiger partial charge in [-0.2, -0.15) is 0 Å². The van der Waals surface area contributed by atoms with E-state index < -0.39 is 0 Å². The highest BCUT2D eigenvalue weighted by Gasteiger charge is 2.27. The summed E-state index contributed by atoms with van der Waals surface area (Å²) in [6, 6.07) is 6.32. The van der Waals surface area contributed by atoms with E-state index in [0.717, 1.165) is 49.1 Å². The number of aryl methyl sites for hydroxylation is 2. The quantitative estimate of drug-likeness (QED) is 0.811. The first-order chi connectivity index (χ1) is 12.8. The van der Waals surface area contributed by atoms with Gasteiger partial charge in [-0.15, -0.1) is 0 Å². The summed E-state index contributed by atoms with van der Waals surface area (Å²) in [5, 5.41) is 0. The third kappa shape index (κ3) is 3.92. The predicted molar refractivity (Wildman–Crippen MR) is 111 cm³/mol. The van der Waals surface area contributed by atoms with Gasteiger partial charge in [0.1, 0.15) is 0 Å². The molecule has 0 atom stereocenters. The van der Waals surface area contributed by atoms with E-state index in [4.69, 9.17) is 4.98 Å². The van der Waals surface area contributed by atoms with Gasteiger partial charge in [-0.1, -0.05) is 12.1 Å². The average molecular weight is 370 g/mol. The largest absolute Gasteiger partial charge is 0.309 e. The van der Waals surface area contributed by atoms with Crippen molar-refractivity contribution in [3.63, 3.8) is 0 Å². The molecule has 27 heavy (non-hydrogen) atoms. The smallest absolute Gasteiger partial charge is 0.259 e. The third-order valence-electron chi connectivity index (χ3n) is 5.49. The Bertz CT molecular complexity index is 887. The van der Waals surface area contributed by atoms with E-state index in [1.54, 1.807) is 0 Å². The number of benzene rings is 1. The lowest BCUT2D eigenvalue weighted by Gasteiger charge is -2.39. The zero-order valence-corrected chi connectivity index (χ0v) is 17.4. The van der Waals surface area contributed by atoms with Crippen molar-refractivity contribution >= 4 is 11.6 Å². The second-order valence-corrected chi connectivity index (χ2v) is 7.84. The molecule has 2 aromatic rings. The first kappa shape index (κ1) is 19.6. The highest BCUT2D eigenvalue weighted by molar-refractivity contribution is 5.64. The Hall–Kier alpha value is -2.18. The molecule has 6 heteroatoms. The molecule has 0 N–H and O–H groups in total. The molecule has 0 radical (unpaired) electrons. The van der Waals surface area contributed by atoms with Gasteiger partial charge >= 0.3 is 0 Å². The predicted octanol–water partition coefficient (Wildman–Crippen LogP) is 2.80. The Labute approximate surface area is 162 Å². The van der Waals surface area contributed by atoms with Crippen molar-refractivity contribution < 1.29 is 0 Å². The van der Waals surface area contributed by atoms with Gasteiger partial charge in [0.05, 0.1) is 13.3 Å². The Morgan fingerprint density at radius 1 is 1.07 bits per heavy atom. The lowest BCUT2D eigenvalue weighted by Crippen LogP contribution is -2.48. The number of rotatable bonds is 5. The first-order valence-corrected chi connectivity index (χ1v) is 9.58. The minimum atomic E-state index is 0.0603. The van der Waals surface area contributed by atoms with E-state index in [1.165, 1.54) is 11.1 Å². The maximum absolute atomic E-state index is 13.0. The summed E-state index contributed by atoms with van der Waals surface area (Å²) >= 11 is 0. The summed E-state index contributed by atoms with van der Waals surface area (Å²) < 4.78 is 1.82. The van der Waals surface area contributed by atoms with Gasteiger partial charge < -0.3 is 4.90 Å². The van der Waals surface area contributed by atoms with Crippen LogP contribution >= 0.6 is 0 Å². The molecule has 0 bridgehead atoms. The van der Waals surface area contributed by atoms with Crippen LogP contribution in [0.3, 0.4) is 0 Å². The molecule has 0 saturated carbocycles. The number of fused-ring (bicyclic) bond motifs is 1. The Kier molecular flexibility index (Phi) is 5.67. The topological polar surface area (TPSA) is 44.6 Å². The molecule has 1 aliphatic rings. The summed E-state index contributed by atoms with van der Waals surface area (Å²) in [6.45, 7) is 11.4. The van der Waals surface area contributed by atoms with Crippen molar-refractivity contribution in [1.82, 2.24) is 19.4 Å². The fourth-order valence-corrected chi connectivity index (χ4v) is 3.55. The van der Waals surface area contributed by atoms with Crippen LogP contribution < -0.4 is 10.5 Å². The van der Waals surface area contributed by atoms with Crippen LogP contribution in [0, 0.1) is 27.7 Å². The Morgan fingerprint density at radius 3 is 2.52 bits per heavy atom. The number of nitrogens with zero attached hydrogens (tertiary/aromatic N) is 5. The van der Waals surface area contributed by atoms with Gasteiger partial charge in [-0.3, -0.25) is 19.2 Å². The SMILES string of the molecule is Cc1cccc(N2CN(CCCN(C)C)Cn3c2nc(C)c(C)c3=O)c1C. The molecule has 0 amide bonds. The summed E-state index contributed by atoms with van der Waals surface area (Å²) in [5.41, 5.74) is 5.19. The fourth-order valence-electron chi connectivity index (χ4n) is 3.55. The monoisotopic (exact) mass is 369 g/mol. The van der Waals surface area contributed by atoms with E-state index in [9.17, 15) is 4.79 Å². The normalized spacial score (nSPS) is 14.7. The van der Waals surface area contributed by atoms with Crippen molar-refractivity contribution in [1.29, 1.82) is 0 Å². The van der Waals surface area contributed by atoms with E-state index in [-0.39, 0.29) is 5.56 Å². The van der Waals surface area contributed by atoms with Crippen molar-refractivity contribution in [3.05, 3.63) is 50.9 Å². The van der Waals surface area contributed by atoms with Crippen molar-refractivity contribution in [3.8, 4) is 0 Å². The van der Waals surface area contributed by atoms with E-state index in [2.05, 4.69) is 60.8 Å². The second kappa shape index (κ2) is 7.82. The van der Waals surface area contributed by atoms with Crippen LogP contribution in [-0.2, 0) is 6.67 Å². The molecule has 1 aromatic carbocycles. The van der Waals surface area contributed by atoms with Gasteiger partial charge in [-0.05, 0) is 71.9 Å². The molecule has 1 aromatic heterocycles. The lowest BCUT2D eigenvalue weighted by molar-refractivity contribution is 0.189. The molecule has 1 aliphatic heterocycles. The maximum atomic E-state index is 13.0. The van der Waals surface area contributed by atoms with Crippen LogP contribution in [0.15, 0.2) is 23.0 Å². The molecule has 146 valence electrons. The van der Waals surface area contributed by atoms with Crippen LogP contribution in [-0.4, -0.2) is 53.2 Å². The first-order valence-electron chi connectivity index (χ1n) is 9.58. The summed E-state index contributed by atoms with van der Waals surface area (Å²) in [5.74, 6) is 0.751. The van der Waals surface area contributed by atoms with Gasteiger partial charge in [0.25, 0.3) is 5.56 Å². The van der Waals surface area contributed by atoms with E-state index >= 15 is 0 Å². The van der Waals surface area contributed by atoms with Gasteiger partial charge in [0, 0.05) is 23.5 Å². The van der Waals surface area contributed by atoms with Crippen molar-refractivity contribution in [2.45, 2.75) is 40.8 Å². The van der Waals surface area contributed by atoms with Crippen LogP contribution in [0.25, 0.3) is 0 Å². The molecule has 0 spiro atoms. The van der Waals surface area contributed by atoms with Crippen molar-refractivity contribution in [2.24, 2.45) is 0 Å². The highest BCUT2D eigenvalue weighted by atomic mass is 16.1. The average Bonchev–Trinajstić information content (AvgIpc) is 2.62. The summed E-state index contributed by atoms with van der Waals surface area (Å²) in [4.78, 5) is 24.5. The minimum Gasteiger partial charge on any atom is -0.309 e. The number of anilines is 2. The van der Waals surface area contributed by atoms with Crippen LogP contribution in [0.4, 0.5) is 11.6 Å². The maximum Gasteiger partial charge on any atom is 0.259 e. The molecule has 6 nitrogen and oxygen atoms in total. The highest BCUT2D eigenvalue weighted by Crippen LogP contribution is 2.31. The molecule has 0 fully saturated rings. The number of aromatic nitrogens is 2. The van der Waals surface area contributed by atoms with Crippen molar-refractivity contribution in [2.75, 3.05) is 38.8 Å². The Balaban J connectivity index is 2.04. The fraction of sp³-hybridized carbons (Fsp3) is 0.524. The zero-order valence-electron chi connectivity index (χ0n) is 17.4. The second-order valence-electron chi connectivity index (χ2n) is 7.84. The molecular formula is C21H31N5O. The van der Waals surface area contributed by atoms with Crippen LogP contribution in [0.2, 0.25) is 0 Å². The molecule has 3 rings (SSSR count). The lowest BCUT2D eigenvalue weighted by atomic mass is 10.1. The molecule has 0 saturated heterocycles.